The Balaban J connectivity index is 1.64. The molecule has 1 aliphatic heterocycles. The van der Waals surface area contributed by atoms with Crippen LogP contribution in [0.4, 0.5) is 0 Å². The maximum absolute atomic E-state index is 12.1. The first-order chi connectivity index (χ1) is 10.6. The molecule has 1 saturated heterocycles. The number of aliphatic hydroxyl groups is 1. The molecule has 120 valence electrons. The summed E-state index contributed by atoms with van der Waals surface area (Å²) in [7, 11) is 2.05. The fourth-order valence-electron chi connectivity index (χ4n) is 3.84. The molecule has 0 aromatic heterocycles. The van der Waals surface area contributed by atoms with E-state index in [9.17, 15) is 9.90 Å². The molecule has 0 radical (unpaired) electrons. The lowest BCUT2D eigenvalue weighted by Crippen LogP contribution is -2.35. The van der Waals surface area contributed by atoms with Crippen molar-refractivity contribution in [3.8, 4) is 0 Å². The van der Waals surface area contributed by atoms with Gasteiger partial charge in [0.15, 0.2) is 0 Å². The van der Waals surface area contributed by atoms with Gasteiger partial charge in [0.05, 0.1) is 5.41 Å². The smallest absolute Gasteiger partial charge is 0.312 e. The molecule has 1 aromatic rings. The van der Waals surface area contributed by atoms with Gasteiger partial charge in [0, 0.05) is 25.6 Å². The molecule has 1 heterocycles. The zero-order valence-electron chi connectivity index (χ0n) is 13.2. The van der Waals surface area contributed by atoms with Gasteiger partial charge in [0.1, 0.15) is 6.10 Å². The molecule has 2 aliphatic rings. The monoisotopic (exact) mass is 303 g/mol. The predicted octanol–water partition coefficient (Wildman–Crippen LogP) is 2.53. The number of hydrogen-bond donors (Lipinski definition) is 1. The average molecular weight is 303 g/mol. The topological polar surface area (TPSA) is 49.8 Å². The van der Waals surface area contributed by atoms with Crippen molar-refractivity contribution in [1.29, 1.82) is 0 Å². The van der Waals surface area contributed by atoms with E-state index < -0.39 is 0 Å². The Morgan fingerprint density at radius 3 is 2.64 bits per heavy atom. The Bertz CT molecular complexity index is 512. The number of carbonyl (C=O) groups excluding carboxylic acids is 1. The van der Waals surface area contributed by atoms with Gasteiger partial charge in [-0.25, -0.2) is 0 Å². The zero-order chi connectivity index (χ0) is 15.6. The fourth-order valence-corrected chi connectivity index (χ4v) is 3.84. The molecule has 4 heteroatoms. The van der Waals surface area contributed by atoms with E-state index in [0.29, 0.717) is 6.42 Å². The molecule has 0 amide bonds. The molecule has 1 aliphatic carbocycles. The number of aliphatic hydroxyl groups excluding tert-OH is 1. The molecular weight excluding hydrogens is 278 g/mol. The van der Waals surface area contributed by atoms with Crippen LogP contribution in [0.3, 0.4) is 0 Å². The molecule has 1 saturated carbocycles. The van der Waals surface area contributed by atoms with Crippen LogP contribution in [0.2, 0.25) is 0 Å². The van der Waals surface area contributed by atoms with Crippen LogP contribution in [-0.4, -0.2) is 42.3 Å². The summed E-state index contributed by atoms with van der Waals surface area (Å²) in [4.78, 5) is 14.3. The predicted molar refractivity (Wildman–Crippen MR) is 84.3 cm³/mol. The standard InChI is InChI=1S/C18H25NO3/c1-19(16(8-11-20)14-6-3-2-4-7-14)13-15-12-18(9-5-10-18)17(21)22-15/h2-4,6-7,15-16,20H,5,8-13H2,1H3. The first-order valence-corrected chi connectivity index (χ1v) is 8.22. The summed E-state index contributed by atoms with van der Waals surface area (Å²) < 4.78 is 5.61. The molecule has 3 rings (SSSR count). The Labute approximate surface area is 132 Å². The van der Waals surface area contributed by atoms with E-state index in [1.807, 2.05) is 25.2 Å². The number of hydrogen-bond acceptors (Lipinski definition) is 4. The molecule has 1 aromatic carbocycles. The third-order valence-corrected chi connectivity index (χ3v) is 5.25. The number of cyclic esters (lactones) is 1. The molecule has 0 bridgehead atoms. The quantitative estimate of drug-likeness (QED) is 0.821. The van der Waals surface area contributed by atoms with Crippen LogP contribution in [-0.2, 0) is 9.53 Å². The van der Waals surface area contributed by atoms with Crippen molar-refractivity contribution >= 4 is 5.97 Å². The highest BCUT2D eigenvalue weighted by Crippen LogP contribution is 2.50. The van der Waals surface area contributed by atoms with Crippen molar-refractivity contribution in [3.05, 3.63) is 35.9 Å². The number of nitrogens with zero attached hydrogens (tertiary/aromatic N) is 1. The minimum absolute atomic E-state index is 0.00979. The van der Waals surface area contributed by atoms with E-state index in [-0.39, 0.29) is 30.1 Å². The number of rotatable bonds is 6. The zero-order valence-corrected chi connectivity index (χ0v) is 13.2. The van der Waals surface area contributed by atoms with E-state index in [0.717, 1.165) is 32.2 Å². The summed E-state index contributed by atoms with van der Waals surface area (Å²) in [5, 5.41) is 9.37. The summed E-state index contributed by atoms with van der Waals surface area (Å²) >= 11 is 0. The molecule has 2 unspecified atom stereocenters. The molecule has 1 N–H and O–H groups in total. The molecule has 22 heavy (non-hydrogen) atoms. The lowest BCUT2D eigenvalue weighted by Gasteiger charge is -2.34. The van der Waals surface area contributed by atoms with Crippen LogP contribution < -0.4 is 0 Å². The van der Waals surface area contributed by atoms with E-state index in [1.165, 1.54) is 5.56 Å². The van der Waals surface area contributed by atoms with Crippen molar-refractivity contribution in [2.45, 2.75) is 44.2 Å². The molecule has 4 nitrogen and oxygen atoms in total. The lowest BCUT2D eigenvalue weighted by atomic mass is 9.67. The second kappa shape index (κ2) is 6.39. The van der Waals surface area contributed by atoms with Crippen molar-refractivity contribution in [1.82, 2.24) is 4.90 Å². The van der Waals surface area contributed by atoms with Gasteiger partial charge in [-0.05, 0) is 31.9 Å². The second-order valence-corrected chi connectivity index (χ2v) is 6.74. The fraction of sp³-hybridized carbons (Fsp3) is 0.611. The van der Waals surface area contributed by atoms with Gasteiger partial charge in [-0.3, -0.25) is 9.69 Å². The van der Waals surface area contributed by atoms with Crippen LogP contribution in [0.1, 0.15) is 43.7 Å². The summed E-state index contributed by atoms with van der Waals surface area (Å²) in [6, 6.07) is 10.4. The van der Waals surface area contributed by atoms with Crippen molar-refractivity contribution in [3.63, 3.8) is 0 Å². The van der Waals surface area contributed by atoms with Crippen molar-refractivity contribution in [2.75, 3.05) is 20.2 Å². The third-order valence-electron chi connectivity index (χ3n) is 5.25. The summed E-state index contributed by atoms with van der Waals surface area (Å²) in [6.45, 7) is 0.880. The first kappa shape index (κ1) is 15.5. The molecular formula is C18H25NO3. The van der Waals surface area contributed by atoms with E-state index in [2.05, 4.69) is 17.0 Å². The maximum atomic E-state index is 12.1. The Hall–Kier alpha value is -1.39. The summed E-state index contributed by atoms with van der Waals surface area (Å²) in [6.07, 6.45) is 4.66. The molecule has 2 fully saturated rings. The van der Waals surface area contributed by atoms with E-state index >= 15 is 0 Å². The summed E-state index contributed by atoms with van der Waals surface area (Å²) in [5.74, 6) is 0.00979. The van der Waals surface area contributed by atoms with Crippen LogP contribution in [0.15, 0.2) is 30.3 Å². The van der Waals surface area contributed by atoms with Crippen LogP contribution in [0.25, 0.3) is 0 Å². The molecule has 1 spiro atoms. The highest BCUT2D eigenvalue weighted by atomic mass is 16.6. The Morgan fingerprint density at radius 1 is 1.36 bits per heavy atom. The Morgan fingerprint density at radius 2 is 2.09 bits per heavy atom. The minimum atomic E-state index is -0.162. The highest BCUT2D eigenvalue weighted by Gasteiger charge is 2.52. The number of likely N-dealkylation sites (N-methyl/N-ethyl adjacent to an activating group) is 1. The Kier molecular flexibility index (Phi) is 4.50. The maximum Gasteiger partial charge on any atom is 0.312 e. The third kappa shape index (κ3) is 2.90. The number of esters is 1. The van der Waals surface area contributed by atoms with Crippen LogP contribution in [0.5, 0.6) is 0 Å². The van der Waals surface area contributed by atoms with Gasteiger partial charge in [-0.1, -0.05) is 36.8 Å². The average Bonchev–Trinajstić information content (AvgIpc) is 2.82. The summed E-state index contributed by atoms with van der Waals surface area (Å²) in [5.41, 5.74) is 1.03. The number of benzene rings is 1. The van der Waals surface area contributed by atoms with Gasteiger partial charge in [-0.2, -0.15) is 0 Å². The van der Waals surface area contributed by atoms with Gasteiger partial charge in [-0.15, -0.1) is 0 Å². The van der Waals surface area contributed by atoms with Gasteiger partial charge < -0.3 is 9.84 Å². The molecule has 2 atom stereocenters. The highest BCUT2D eigenvalue weighted by molar-refractivity contribution is 5.80. The lowest BCUT2D eigenvalue weighted by molar-refractivity contribution is -0.152. The largest absolute Gasteiger partial charge is 0.461 e. The van der Waals surface area contributed by atoms with Gasteiger partial charge in [0.25, 0.3) is 0 Å². The van der Waals surface area contributed by atoms with E-state index in [1.54, 1.807) is 0 Å². The van der Waals surface area contributed by atoms with E-state index in [4.69, 9.17) is 4.74 Å². The minimum Gasteiger partial charge on any atom is -0.461 e. The number of ether oxygens (including phenoxy) is 1. The van der Waals surface area contributed by atoms with Gasteiger partial charge >= 0.3 is 5.97 Å². The van der Waals surface area contributed by atoms with Gasteiger partial charge in [0.2, 0.25) is 0 Å². The normalized spacial score (nSPS) is 24.3. The van der Waals surface area contributed by atoms with Crippen molar-refractivity contribution < 1.29 is 14.6 Å². The second-order valence-electron chi connectivity index (χ2n) is 6.74. The SMILES string of the molecule is CN(CC1CC2(CCC2)C(=O)O1)C(CCO)c1ccccc1. The first-order valence-electron chi connectivity index (χ1n) is 8.22. The number of carbonyl (C=O) groups is 1. The van der Waals surface area contributed by atoms with Crippen molar-refractivity contribution in [2.24, 2.45) is 5.41 Å². The van der Waals surface area contributed by atoms with Crippen LogP contribution >= 0.6 is 0 Å². The van der Waals surface area contributed by atoms with Crippen LogP contribution in [0, 0.1) is 5.41 Å².